The van der Waals surface area contributed by atoms with Crippen LogP contribution in [0.5, 0.6) is 0 Å². The summed E-state index contributed by atoms with van der Waals surface area (Å²) in [6, 6.07) is 3.67. The van der Waals surface area contributed by atoms with Gasteiger partial charge in [-0.3, -0.25) is 9.58 Å². The highest BCUT2D eigenvalue weighted by atomic mass is 15.3. The van der Waals surface area contributed by atoms with Crippen LogP contribution in [0.15, 0.2) is 6.07 Å². The van der Waals surface area contributed by atoms with E-state index in [1.54, 1.807) is 0 Å². The van der Waals surface area contributed by atoms with Crippen LogP contribution in [0.25, 0.3) is 0 Å². The Morgan fingerprint density at radius 2 is 2.15 bits per heavy atom. The summed E-state index contributed by atoms with van der Waals surface area (Å²) in [5.41, 5.74) is 2.57. The van der Waals surface area contributed by atoms with Crippen LogP contribution in [0.2, 0.25) is 0 Å². The van der Waals surface area contributed by atoms with Gasteiger partial charge < -0.3 is 5.32 Å². The van der Waals surface area contributed by atoms with Gasteiger partial charge in [0.25, 0.3) is 0 Å². The van der Waals surface area contributed by atoms with Crippen molar-refractivity contribution in [3.8, 4) is 0 Å². The van der Waals surface area contributed by atoms with E-state index in [0.717, 1.165) is 31.5 Å². The number of aromatic nitrogens is 2. The summed E-state index contributed by atoms with van der Waals surface area (Å²) >= 11 is 0. The van der Waals surface area contributed by atoms with Crippen molar-refractivity contribution in [3.05, 3.63) is 17.5 Å². The maximum Gasteiger partial charge on any atom is 0.0625 e. The number of rotatable bonds is 5. The Bertz CT molecular complexity index is 449. The van der Waals surface area contributed by atoms with Crippen LogP contribution in [-0.2, 0) is 20.0 Å². The van der Waals surface area contributed by atoms with Gasteiger partial charge in [0, 0.05) is 38.8 Å². The highest BCUT2D eigenvalue weighted by Gasteiger charge is 2.36. The second-order valence-electron chi connectivity index (χ2n) is 6.45. The lowest BCUT2D eigenvalue weighted by Gasteiger charge is -2.40. The van der Waals surface area contributed by atoms with Crippen LogP contribution >= 0.6 is 0 Å². The molecule has 0 spiro atoms. The summed E-state index contributed by atoms with van der Waals surface area (Å²) in [7, 11) is 2.08. The van der Waals surface area contributed by atoms with Crippen LogP contribution in [0.4, 0.5) is 0 Å². The molecule has 3 rings (SSSR count). The Hall–Kier alpha value is -0.870. The molecule has 2 heterocycles. The predicted octanol–water partition coefficient (Wildman–Crippen LogP) is 1.94. The molecule has 0 amide bonds. The number of nitrogens with one attached hydrogen (secondary N) is 1. The van der Waals surface area contributed by atoms with Crippen molar-refractivity contribution in [1.29, 1.82) is 0 Å². The zero-order valence-electron chi connectivity index (χ0n) is 13.1. The molecule has 1 saturated carbocycles. The maximum absolute atomic E-state index is 4.59. The van der Waals surface area contributed by atoms with Crippen molar-refractivity contribution in [2.45, 2.75) is 58.2 Å². The molecular formula is C16H28N4. The van der Waals surface area contributed by atoms with E-state index in [-0.39, 0.29) is 0 Å². The standard InChI is InChI=1S/C16H28N4/c1-4-13-8-15(19(3)18-13)10-20-11-16(12-6-7-12)17-9-14(20)5-2/h8,12,14,16-17H,4-7,9-11H2,1-3H3. The molecule has 1 N–H and O–H groups in total. The highest BCUT2D eigenvalue weighted by Crippen LogP contribution is 2.34. The molecule has 2 fully saturated rings. The number of piperazine rings is 1. The number of nitrogens with zero attached hydrogens (tertiary/aromatic N) is 3. The number of hydrogen-bond acceptors (Lipinski definition) is 3. The van der Waals surface area contributed by atoms with Gasteiger partial charge in [0.05, 0.1) is 11.4 Å². The first-order valence-corrected chi connectivity index (χ1v) is 8.20. The lowest BCUT2D eigenvalue weighted by molar-refractivity contribution is 0.109. The van der Waals surface area contributed by atoms with Gasteiger partial charge in [0.1, 0.15) is 0 Å². The molecule has 1 aromatic heterocycles. The SMILES string of the molecule is CCc1cc(CN2CC(C3CC3)NCC2CC)n(C)n1. The van der Waals surface area contributed by atoms with E-state index < -0.39 is 0 Å². The molecule has 2 aliphatic rings. The van der Waals surface area contributed by atoms with Gasteiger partial charge in [-0.05, 0) is 37.7 Å². The second kappa shape index (κ2) is 5.86. The van der Waals surface area contributed by atoms with E-state index in [4.69, 9.17) is 0 Å². The van der Waals surface area contributed by atoms with Crippen LogP contribution < -0.4 is 5.32 Å². The highest BCUT2D eigenvalue weighted by molar-refractivity contribution is 5.11. The molecule has 0 bridgehead atoms. The van der Waals surface area contributed by atoms with Crippen molar-refractivity contribution in [2.24, 2.45) is 13.0 Å². The van der Waals surface area contributed by atoms with E-state index >= 15 is 0 Å². The summed E-state index contributed by atoms with van der Waals surface area (Å²) in [4.78, 5) is 2.68. The quantitative estimate of drug-likeness (QED) is 0.892. The first-order valence-electron chi connectivity index (χ1n) is 8.20. The second-order valence-corrected chi connectivity index (χ2v) is 6.45. The minimum atomic E-state index is 0.671. The fraction of sp³-hybridized carbons (Fsp3) is 0.812. The Morgan fingerprint density at radius 3 is 2.75 bits per heavy atom. The minimum Gasteiger partial charge on any atom is -0.311 e. The summed E-state index contributed by atoms with van der Waals surface area (Å²) in [5.74, 6) is 0.938. The molecule has 1 aliphatic carbocycles. The minimum absolute atomic E-state index is 0.671. The molecule has 1 saturated heterocycles. The summed E-state index contributed by atoms with van der Waals surface area (Å²) in [6.07, 6.45) is 5.10. The van der Waals surface area contributed by atoms with Crippen LogP contribution in [0, 0.1) is 5.92 Å². The number of aryl methyl sites for hydroxylation is 2. The molecule has 2 atom stereocenters. The summed E-state index contributed by atoms with van der Waals surface area (Å²) in [6.45, 7) is 7.88. The molecule has 4 heteroatoms. The van der Waals surface area contributed by atoms with Gasteiger partial charge >= 0.3 is 0 Å². The van der Waals surface area contributed by atoms with E-state index in [9.17, 15) is 0 Å². The van der Waals surface area contributed by atoms with Gasteiger partial charge in [-0.25, -0.2) is 0 Å². The van der Waals surface area contributed by atoms with E-state index in [1.165, 1.54) is 37.2 Å². The lowest BCUT2D eigenvalue weighted by atomic mass is 10.0. The van der Waals surface area contributed by atoms with Crippen molar-refractivity contribution in [1.82, 2.24) is 20.0 Å². The van der Waals surface area contributed by atoms with Gasteiger partial charge in [0.15, 0.2) is 0 Å². The Morgan fingerprint density at radius 1 is 1.35 bits per heavy atom. The fourth-order valence-electron chi connectivity index (χ4n) is 3.39. The Labute approximate surface area is 122 Å². The van der Waals surface area contributed by atoms with Crippen molar-refractivity contribution in [3.63, 3.8) is 0 Å². The first-order chi connectivity index (χ1) is 9.71. The smallest absolute Gasteiger partial charge is 0.0625 e. The maximum atomic E-state index is 4.59. The van der Waals surface area contributed by atoms with E-state index in [1.807, 2.05) is 0 Å². The average Bonchev–Trinajstić information content (AvgIpc) is 3.24. The predicted molar refractivity (Wildman–Crippen MR) is 81.6 cm³/mol. The molecule has 0 radical (unpaired) electrons. The van der Waals surface area contributed by atoms with Gasteiger partial charge in [-0.15, -0.1) is 0 Å². The molecule has 1 aromatic rings. The first kappa shape index (κ1) is 14.1. The van der Waals surface area contributed by atoms with Crippen LogP contribution in [0.1, 0.15) is 44.5 Å². The fourth-order valence-corrected chi connectivity index (χ4v) is 3.39. The molecule has 20 heavy (non-hydrogen) atoms. The van der Waals surface area contributed by atoms with Crippen molar-refractivity contribution in [2.75, 3.05) is 13.1 Å². The molecule has 1 aliphatic heterocycles. The van der Waals surface area contributed by atoms with Gasteiger partial charge in [-0.1, -0.05) is 13.8 Å². The molecular weight excluding hydrogens is 248 g/mol. The lowest BCUT2D eigenvalue weighted by Crippen LogP contribution is -2.56. The number of hydrogen-bond donors (Lipinski definition) is 1. The molecule has 2 unspecified atom stereocenters. The monoisotopic (exact) mass is 276 g/mol. The Kier molecular flexibility index (Phi) is 4.13. The van der Waals surface area contributed by atoms with E-state index in [0.29, 0.717) is 6.04 Å². The summed E-state index contributed by atoms with van der Waals surface area (Å²) in [5, 5.41) is 8.35. The zero-order valence-corrected chi connectivity index (χ0v) is 13.1. The third-order valence-corrected chi connectivity index (χ3v) is 4.98. The van der Waals surface area contributed by atoms with Crippen molar-refractivity contribution >= 4 is 0 Å². The molecule has 0 aromatic carbocycles. The summed E-state index contributed by atoms with van der Waals surface area (Å²) < 4.78 is 2.07. The molecule has 112 valence electrons. The topological polar surface area (TPSA) is 33.1 Å². The third-order valence-electron chi connectivity index (χ3n) is 4.98. The third kappa shape index (κ3) is 2.91. The zero-order chi connectivity index (χ0) is 14.1. The van der Waals surface area contributed by atoms with Crippen molar-refractivity contribution < 1.29 is 0 Å². The van der Waals surface area contributed by atoms with Crippen LogP contribution in [-0.4, -0.2) is 39.9 Å². The largest absolute Gasteiger partial charge is 0.311 e. The average molecular weight is 276 g/mol. The van der Waals surface area contributed by atoms with Gasteiger partial charge in [-0.2, -0.15) is 5.10 Å². The van der Waals surface area contributed by atoms with E-state index in [2.05, 4.69) is 47.0 Å². The Balaban J connectivity index is 1.69. The van der Waals surface area contributed by atoms with Gasteiger partial charge in [0.2, 0.25) is 0 Å². The molecule has 4 nitrogen and oxygen atoms in total. The normalized spacial score (nSPS) is 27.9. The van der Waals surface area contributed by atoms with Crippen LogP contribution in [0.3, 0.4) is 0 Å².